The third-order valence-electron chi connectivity index (χ3n) is 5.18. The third kappa shape index (κ3) is 5.02. The number of unbranched alkanes of at least 4 members (excludes halogenated alkanes) is 1. The van der Waals surface area contributed by atoms with Crippen LogP contribution in [0.25, 0.3) is 16.8 Å². The highest BCUT2D eigenvalue weighted by Crippen LogP contribution is 2.40. The minimum Gasteiger partial charge on any atom is -0.463 e. The van der Waals surface area contributed by atoms with Crippen molar-refractivity contribution in [2.24, 2.45) is 0 Å². The van der Waals surface area contributed by atoms with Crippen molar-refractivity contribution in [2.75, 3.05) is 6.61 Å². The van der Waals surface area contributed by atoms with Crippen LogP contribution in [0.4, 0.5) is 0 Å². The molecule has 2 aromatic carbocycles. The molecule has 0 saturated heterocycles. The lowest BCUT2D eigenvalue weighted by molar-refractivity contribution is -0.137. The van der Waals surface area contributed by atoms with Crippen LogP contribution in [0, 0.1) is 0 Å². The number of hydrogen-bond donors (Lipinski definition) is 0. The van der Waals surface area contributed by atoms with E-state index in [-0.39, 0.29) is 5.97 Å². The number of rotatable bonds is 8. The molecule has 0 radical (unpaired) electrons. The second kappa shape index (κ2) is 9.37. The molecule has 1 atom stereocenters. The Kier molecular flexibility index (Phi) is 6.65. The van der Waals surface area contributed by atoms with E-state index in [4.69, 9.17) is 9.47 Å². The normalized spacial score (nSPS) is 15.2. The molecule has 0 fully saturated rings. The molecule has 1 aliphatic carbocycles. The molecule has 0 aliphatic heterocycles. The van der Waals surface area contributed by atoms with E-state index < -0.39 is 5.97 Å². The van der Waals surface area contributed by atoms with Gasteiger partial charge in [0.25, 0.3) is 0 Å². The zero-order valence-corrected chi connectivity index (χ0v) is 16.8. The Balaban J connectivity index is 1.73. The molecular weight excluding hydrogens is 364 g/mol. The summed E-state index contributed by atoms with van der Waals surface area (Å²) in [5.41, 5.74) is 4.02. The molecule has 0 amide bonds. The number of carbonyl (C=O) groups is 2. The monoisotopic (exact) mass is 390 g/mol. The number of fused-ring (bicyclic) bond motifs is 3. The van der Waals surface area contributed by atoms with E-state index >= 15 is 0 Å². The topological polar surface area (TPSA) is 52.6 Å². The van der Waals surface area contributed by atoms with Crippen molar-refractivity contribution < 1.29 is 19.1 Å². The summed E-state index contributed by atoms with van der Waals surface area (Å²) in [6.45, 7) is 9.52. The highest BCUT2D eigenvalue weighted by atomic mass is 16.5. The summed E-state index contributed by atoms with van der Waals surface area (Å²) in [6.07, 6.45) is 8.51. The molecule has 0 bridgehead atoms. The standard InChI is InChI=1S/C25H26O4/c1-4-23(26)28-13-7-6-8-18-14-17(3)25-20(15-18)10-9-19-16-21(11-12-22(19)25)29-24(27)5-2/h4-5,9-12,15-17H,1-2,6-8,13-14H2,3H3. The fourth-order valence-corrected chi connectivity index (χ4v) is 3.88. The molecule has 4 nitrogen and oxygen atoms in total. The van der Waals surface area contributed by atoms with Crippen molar-refractivity contribution in [1.29, 1.82) is 0 Å². The molecular formula is C25H26O4. The first-order valence-corrected chi connectivity index (χ1v) is 9.91. The largest absolute Gasteiger partial charge is 0.463 e. The summed E-state index contributed by atoms with van der Waals surface area (Å²) in [5, 5.41) is 2.26. The Morgan fingerprint density at radius 2 is 1.90 bits per heavy atom. The molecule has 3 rings (SSSR count). The zero-order chi connectivity index (χ0) is 20.8. The summed E-state index contributed by atoms with van der Waals surface area (Å²) in [4.78, 5) is 22.5. The number of allylic oxidation sites excluding steroid dienone is 1. The molecule has 4 heteroatoms. The highest BCUT2D eigenvalue weighted by Gasteiger charge is 2.20. The lowest BCUT2D eigenvalue weighted by atomic mass is 9.80. The maximum atomic E-state index is 11.4. The van der Waals surface area contributed by atoms with Crippen LogP contribution >= 0.6 is 0 Å². The van der Waals surface area contributed by atoms with Crippen molar-refractivity contribution in [3.63, 3.8) is 0 Å². The van der Waals surface area contributed by atoms with Gasteiger partial charge < -0.3 is 9.47 Å². The smallest absolute Gasteiger partial charge is 0.335 e. The first kappa shape index (κ1) is 20.6. The van der Waals surface area contributed by atoms with Gasteiger partial charge in [0.15, 0.2) is 0 Å². The van der Waals surface area contributed by atoms with Crippen LogP contribution in [0.15, 0.2) is 61.2 Å². The van der Waals surface area contributed by atoms with Gasteiger partial charge in [-0.1, -0.05) is 49.9 Å². The third-order valence-corrected chi connectivity index (χ3v) is 5.18. The van der Waals surface area contributed by atoms with Gasteiger partial charge >= 0.3 is 11.9 Å². The van der Waals surface area contributed by atoms with Crippen LogP contribution in [-0.2, 0) is 14.3 Å². The Morgan fingerprint density at radius 3 is 2.66 bits per heavy atom. The average Bonchev–Trinajstić information content (AvgIpc) is 2.72. The quantitative estimate of drug-likeness (QED) is 0.250. The van der Waals surface area contributed by atoms with Crippen LogP contribution in [0.2, 0.25) is 0 Å². The van der Waals surface area contributed by atoms with Crippen molar-refractivity contribution in [3.05, 3.63) is 72.3 Å². The molecule has 29 heavy (non-hydrogen) atoms. The first-order valence-electron chi connectivity index (χ1n) is 9.91. The Hall–Kier alpha value is -3.14. The number of hydrogen-bond acceptors (Lipinski definition) is 4. The van der Waals surface area contributed by atoms with Crippen LogP contribution < -0.4 is 4.74 Å². The Morgan fingerprint density at radius 1 is 1.10 bits per heavy atom. The molecule has 0 aromatic heterocycles. The average molecular weight is 390 g/mol. The van der Waals surface area contributed by atoms with Crippen molar-refractivity contribution in [2.45, 2.75) is 38.5 Å². The molecule has 1 unspecified atom stereocenters. The van der Waals surface area contributed by atoms with E-state index in [1.165, 1.54) is 28.2 Å². The minimum atomic E-state index is -0.456. The van der Waals surface area contributed by atoms with Crippen molar-refractivity contribution in [1.82, 2.24) is 0 Å². The van der Waals surface area contributed by atoms with Crippen LogP contribution in [0.5, 0.6) is 5.75 Å². The number of carbonyl (C=O) groups excluding carboxylic acids is 2. The van der Waals surface area contributed by atoms with Gasteiger partial charge in [-0.05, 0) is 65.6 Å². The molecule has 0 N–H and O–H groups in total. The molecule has 0 saturated carbocycles. The predicted molar refractivity (Wildman–Crippen MR) is 116 cm³/mol. The van der Waals surface area contributed by atoms with Gasteiger partial charge in [0.1, 0.15) is 5.75 Å². The molecule has 150 valence electrons. The van der Waals surface area contributed by atoms with E-state index in [0.717, 1.165) is 37.1 Å². The van der Waals surface area contributed by atoms with E-state index in [2.05, 4.69) is 38.3 Å². The summed E-state index contributed by atoms with van der Waals surface area (Å²) in [5.74, 6) is 0.120. The molecule has 1 aliphatic rings. The number of esters is 2. The van der Waals surface area contributed by atoms with E-state index in [0.29, 0.717) is 18.3 Å². The van der Waals surface area contributed by atoms with Gasteiger partial charge in [-0.25, -0.2) is 9.59 Å². The van der Waals surface area contributed by atoms with Crippen LogP contribution in [0.3, 0.4) is 0 Å². The summed E-state index contributed by atoms with van der Waals surface area (Å²) < 4.78 is 10.3. The fourth-order valence-electron chi connectivity index (χ4n) is 3.88. The van der Waals surface area contributed by atoms with Gasteiger partial charge in [-0.15, -0.1) is 0 Å². The second-order valence-corrected chi connectivity index (χ2v) is 7.31. The maximum Gasteiger partial charge on any atom is 0.335 e. The van der Waals surface area contributed by atoms with Gasteiger partial charge in [-0.3, -0.25) is 0 Å². The molecule has 0 heterocycles. The van der Waals surface area contributed by atoms with Gasteiger partial charge in [0, 0.05) is 12.2 Å². The van der Waals surface area contributed by atoms with Crippen molar-refractivity contribution in [3.8, 4) is 5.75 Å². The summed E-state index contributed by atoms with van der Waals surface area (Å²) in [7, 11) is 0. The van der Waals surface area contributed by atoms with E-state index in [1.54, 1.807) is 0 Å². The van der Waals surface area contributed by atoms with Crippen LogP contribution in [-0.4, -0.2) is 18.5 Å². The van der Waals surface area contributed by atoms with E-state index in [9.17, 15) is 9.59 Å². The minimum absolute atomic E-state index is 0.362. The zero-order valence-electron chi connectivity index (χ0n) is 16.8. The summed E-state index contributed by atoms with van der Waals surface area (Å²) >= 11 is 0. The van der Waals surface area contributed by atoms with Crippen molar-refractivity contribution >= 4 is 28.8 Å². The molecule has 2 aromatic rings. The Labute approximate surface area is 171 Å². The van der Waals surface area contributed by atoms with Crippen LogP contribution in [0.1, 0.15) is 49.7 Å². The van der Waals surface area contributed by atoms with Gasteiger partial charge in [0.2, 0.25) is 0 Å². The van der Waals surface area contributed by atoms with Gasteiger partial charge in [-0.2, -0.15) is 0 Å². The maximum absolute atomic E-state index is 11.4. The summed E-state index contributed by atoms with van der Waals surface area (Å²) in [6, 6.07) is 9.97. The lowest BCUT2D eigenvalue weighted by Crippen LogP contribution is -2.07. The highest BCUT2D eigenvalue weighted by molar-refractivity contribution is 5.92. The number of ether oxygens (including phenoxy) is 2. The second-order valence-electron chi connectivity index (χ2n) is 7.31. The SMILES string of the molecule is C=CC(=O)OCCCCC1=Cc2ccc3cc(OC(=O)C=C)ccc3c2C(C)C1. The first-order chi connectivity index (χ1) is 14.0. The number of benzene rings is 2. The lowest BCUT2D eigenvalue weighted by Gasteiger charge is -2.25. The predicted octanol–water partition coefficient (Wildman–Crippen LogP) is 5.72. The van der Waals surface area contributed by atoms with Gasteiger partial charge in [0.05, 0.1) is 6.61 Å². The molecule has 0 spiro atoms. The Bertz CT molecular complexity index is 984. The fraction of sp³-hybridized carbons (Fsp3) is 0.280. The van der Waals surface area contributed by atoms with E-state index in [1.807, 2.05) is 18.2 Å².